The van der Waals surface area contributed by atoms with Crippen LogP contribution in [0.3, 0.4) is 0 Å². The molecule has 1 aromatic carbocycles. The molecule has 0 radical (unpaired) electrons. The molecule has 1 heterocycles. The summed E-state index contributed by atoms with van der Waals surface area (Å²) in [6, 6.07) is 4.95. The highest BCUT2D eigenvalue weighted by Crippen LogP contribution is 2.26. The summed E-state index contributed by atoms with van der Waals surface area (Å²) in [6.45, 7) is 0.639. The molecule has 0 fully saturated rings. The molecule has 1 aliphatic carbocycles. The van der Waals surface area contributed by atoms with Crippen LogP contribution in [0.25, 0.3) is 0 Å². The van der Waals surface area contributed by atoms with Gasteiger partial charge in [0.15, 0.2) is 9.84 Å². The van der Waals surface area contributed by atoms with E-state index in [4.69, 9.17) is 0 Å². The van der Waals surface area contributed by atoms with Crippen molar-refractivity contribution in [1.29, 1.82) is 0 Å². The van der Waals surface area contributed by atoms with E-state index in [1.165, 1.54) is 18.4 Å². The maximum atomic E-state index is 12.3. The van der Waals surface area contributed by atoms with Gasteiger partial charge in [-0.25, -0.2) is 8.42 Å². The van der Waals surface area contributed by atoms with Gasteiger partial charge in [-0.2, -0.15) is 0 Å². The molecule has 0 aromatic heterocycles. The molecule has 1 amide bonds. The van der Waals surface area contributed by atoms with E-state index >= 15 is 0 Å². The molecule has 4 nitrogen and oxygen atoms in total. The van der Waals surface area contributed by atoms with Crippen LogP contribution in [0, 0.1) is 0 Å². The van der Waals surface area contributed by atoms with Crippen LogP contribution in [0.4, 0.5) is 0 Å². The number of amides is 1. The normalized spacial score (nSPS) is 19.6. The van der Waals surface area contributed by atoms with Crippen molar-refractivity contribution in [1.82, 2.24) is 5.32 Å². The fourth-order valence-corrected chi connectivity index (χ4v) is 4.93. The minimum atomic E-state index is -3.16. The van der Waals surface area contributed by atoms with Crippen LogP contribution >= 0.6 is 0 Å². The molecular weight excluding hydrogens is 310 g/mol. The van der Waals surface area contributed by atoms with Gasteiger partial charge in [0.1, 0.15) is 0 Å². The van der Waals surface area contributed by atoms with Gasteiger partial charge in [0.2, 0.25) is 0 Å². The number of benzene rings is 1. The molecule has 1 aromatic rings. The topological polar surface area (TPSA) is 63.2 Å². The number of aryl methyl sites for hydroxylation is 1. The first-order chi connectivity index (χ1) is 11.1. The van der Waals surface area contributed by atoms with Crippen molar-refractivity contribution < 1.29 is 13.2 Å². The third-order valence-corrected chi connectivity index (χ3v) is 6.53. The van der Waals surface area contributed by atoms with Gasteiger partial charge in [-0.05, 0) is 68.7 Å². The predicted molar refractivity (Wildman–Crippen MR) is 90.3 cm³/mol. The Kier molecular flexibility index (Phi) is 4.85. The molecule has 0 spiro atoms. The van der Waals surface area contributed by atoms with Crippen molar-refractivity contribution in [2.75, 3.05) is 12.3 Å². The second kappa shape index (κ2) is 6.87. The van der Waals surface area contributed by atoms with Crippen LogP contribution in [0.2, 0.25) is 0 Å². The van der Waals surface area contributed by atoms with Crippen molar-refractivity contribution in [3.63, 3.8) is 0 Å². The Morgan fingerprint density at radius 2 is 2.00 bits per heavy atom. The molecule has 0 saturated heterocycles. The zero-order valence-electron chi connectivity index (χ0n) is 13.3. The van der Waals surface area contributed by atoms with Crippen LogP contribution in [0.15, 0.2) is 34.7 Å². The molecule has 1 N–H and O–H groups in total. The van der Waals surface area contributed by atoms with Crippen LogP contribution in [-0.2, 0) is 16.3 Å². The summed E-state index contributed by atoms with van der Waals surface area (Å²) in [5, 5.41) is 2.94. The average Bonchev–Trinajstić information content (AvgIpc) is 2.55. The summed E-state index contributed by atoms with van der Waals surface area (Å²) in [5.41, 5.74) is 2.77. The second-order valence-electron chi connectivity index (χ2n) is 6.36. The smallest absolute Gasteiger partial charge is 0.251 e. The molecule has 0 unspecified atom stereocenters. The van der Waals surface area contributed by atoms with E-state index in [9.17, 15) is 13.2 Å². The zero-order valence-corrected chi connectivity index (χ0v) is 14.1. The van der Waals surface area contributed by atoms with Crippen molar-refractivity contribution in [3.05, 3.63) is 41.0 Å². The zero-order chi connectivity index (χ0) is 16.3. The number of hydrogen-bond donors (Lipinski definition) is 1. The minimum absolute atomic E-state index is 0.118. The van der Waals surface area contributed by atoms with Crippen molar-refractivity contribution in [2.45, 2.75) is 49.8 Å². The number of allylic oxidation sites excluding steroid dienone is 1. The van der Waals surface area contributed by atoms with Crippen LogP contribution in [0.1, 0.15) is 54.4 Å². The minimum Gasteiger partial charge on any atom is -0.352 e. The largest absolute Gasteiger partial charge is 0.352 e. The van der Waals surface area contributed by atoms with Gasteiger partial charge in [-0.1, -0.05) is 11.6 Å². The van der Waals surface area contributed by atoms with E-state index in [-0.39, 0.29) is 11.7 Å². The van der Waals surface area contributed by atoms with E-state index in [0.29, 0.717) is 23.4 Å². The third-order valence-electron chi connectivity index (χ3n) is 4.63. The maximum Gasteiger partial charge on any atom is 0.251 e. The van der Waals surface area contributed by atoms with Crippen LogP contribution in [-0.4, -0.2) is 26.6 Å². The van der Waals surface area contributed by atoms with Crippen molar-refractivity contribution >= 4 is 15.7 Å². The Bertz CT molecular complexity index is 735. The SMILES string of the molecule is O=C(NCCC1=CCCCC1)c1ccc2c(c1)CCCS2(=O)=O. The van der Waals surface area contributed by atoms with Crippen molar-refractivity contribution in [3.8, 4) is 0 Å². The molecule has 1 aliphatic heterocycles. The average molecular weight is 333 g/mol. The number of carbonyl (C=O) groups is 1. The number of rotatable bonds is 4. The highest BCUT2D eigenvalue weighted by molar-refractivity contribution is 7.91. The first-order valence-corrected chi connectivity index (χ1v) is 10.0. The summed E-state index contributed by atoms with van der Waals surface area (Å²) >= 11 is 0. The predicted octanol–water partition coefficient (Wildman–Crippen LogP) is 3.03. The van der Waals surface area contributed by atoms with E-state index in [1.54, 1.807) is 18.2 Å². The highest BCUT2D eigenvalue weighted by atomic mass is 32.2. The fourth-order valence-electron chi connectivity index (χ4n) is 3.35. The molecular formula is C18H23NO3S. The monoisotopic (exact) mass is 333 g/mol. The van der Waals surface area contributed by atoms with Gasteiger partial charge < -0.3 is 5.32 Å². The van der Waals surface area contributed by atoms with E-state index in [2.05, 4.69) is 11.4 Å². The fraction of sp³-hybridized carbons (Fsp3) is 0.500. The van der Waals surface area contributed by atoms with Gasteiger partial charge in [-0.3, -0.25) is 4.79 Å². The molecule has 0 atom stereocenters. The van der Waals surface area contributed by atoms with E-state index in [1.807, 2.05) is 0 Å². The Morgan fingerprint density at radius 3 is 2.78 bits per heavy atom. The summed E-state index contributed by atoms with van der Waals surface area (Å²) in [4.78, 5) is 12.6. The lowest BCUT2D eigenvalue weighted by Gasteiger charge is -2.17. The first kappa shape index (κ1) is 16.2. The Balaban J connectivity index is 1.63. The summed E-state index contributed by atoms with van der Waals surface area (Å²) in [6.07, 6.45) is 9.38. The van der Waals surface area contributed by atoms with Crippen LogP contribution in [0.5, 0.6) is 0 Å². The number of fused-ring (bicyclic) bond motifs is 1. The third kappa shape index (κ3) is 3.83. The molecule has 0 bridgehead atoms. The Labute approximate surface area is 137 Å². The Hall–Kier alpha value is -1.62. The summed E-state index contributed by atoms with van der Waals surface area (Å²) < 4.78 is 24.0. The molecule has 23 heavy (non-hydrogen) atoms. The molecule has 5 heteroatoms. The van der Waals surface area contributed by atoms with Gasteiger partial charge in [0, 0.05) is 12.1 Å². The summed E-state index contributed by atoms with van der Waals surface area (Å²) in [5.74, 6) is 0.0906. The van der Waals surface area contributed by atoms with Crippen LogP contribution < -0.4 is 5.32 Å². The molecule has 2 aliphatic rings. The van der Waals surface area contributed by atoms with Gasteiger partial charge in [0.25, 0.3) is 5.91 Å². The van der Waals surface area contributed by atoms with Crippen molar-refractivity contribution in [2.24, 2.45) is 0 Å². The van der Waals surface area contributed by atoms with Gasteiger partial charge in [-0.15, -0.1) is 0 Å². The lowest BCUT2D eigenvalue weighted by Crippen LogP contribution is -2.25. The number of nitrogens with one attached hydrogen (secondary N) is 1. The maximum absolute atomic E-state index is 12.3. The Morgan fingerprint density at radius 1 is 1.13 bits per heavy atom. The number of hydrogen-bond acceptors (Lipinski definition) is 3. The second-order valence-corrected chi connectivity index (χ2v) is 8.44. The number of sulfone groups is 1. The molecule has 0 saturated carbocycles. The van der Waals surface area contributed by atoms with E-state index in [0.717, 1.165) is 31.2 Å². The first-order valence-electron chi connectivity index (χ1n) is 8.38. The lowest BCUT2D eigenvalue weighted by atomic mass is 9.97. The standard InChI is InChI=1S/C18H23NO3S/c20-18(19-11-10-14-5-2-1-3-6-14)16-8-9-17-15(13-16)7-4-12-23(17,21)22/h5,8-9,13H,1-4,6-7,10-12H2,(H,19,20). The lowest BCUT2D eigenvalue weighted by molar-refractivity contribution is 0.0954. The van der Waals surface area contributed by atoms with E-state index < -0.39 is 9.84 Å². The summed E-state index contributed by atoms with van der Waals surface area (Å²) in [7, 11) is -3.16. The molecule has 3 rings (SSSR count). The number of carbonyl (C=O) groups excluding carboxylic acids is 1. The molecule has 124 valence electrons. The van der Waals surface area contributed by atoms with Gasteiger partial charge >= 0.3 is 0 Å². The quantitative estimate of drug-likeness (QED) is 0.862. The highest BCUT2D eigenvalue weighted by Gasteiger charge is 2.24. The van der Waals surface area contributed by atoms with Gasteiger partial charge in [0.05, 0.1) is 10.6 Å².